The van der Waals surface area contributed by atoms with Crippen molar-refractivity contribution < 1.29 is 13.9 Å². The third-order valence-corrected chi connectivity index (χ3v) is 6.26. The summed E-state index contributed by atoms with van der Waals surface area (Å²) in [5.41, 5.74) is 3.69. The molecule has 4 rings (SSSR count). The van der Waals surface area contributed by atoms with Gasteiger partial charge in [-0.25, -0.2) is 4.39 Å². The van der Waals surface area contributed by atoms with Crippen molar-refractivity contribution in [3.05, 3.63) is 92.4 Å². The summed E-state index contributed by atoms with van der Waals surface area (Å²) in [4.78, 5) is 15.0. The van der Waals surface area contributed by atoms with E-state index in [0.29, 0.717) is 42.8 Å². The molecule has 0 radical (unpaired) electrons. The number of hydrogen-bond donors (Lipinski definition) is 1. The van der Waals surface area contributed by atoms with Gasteiger partial charge in [-0.05, 0) is 66.0 Å². The summed E-state index contributed by atoms with van der Waals surface area (Å²) in [5.74, 6) is -1.22. The summed E-state index contributed by atoms with van der Waals surface area (Å²) in [6, 6.07) is 13.2. The number of rotatable bonds is 5. The van der Waals surface area contributed by atoms with Gasteiger partial charge in [0.2, 0.25) is 0 Å². The molecule has 0 bridgehead atoms. The van der Waals surface area contributed by atoms with Gasteiger partial charge in [0.25, 0.3) is 5.91 Å². The summed E-state index contributed by atoms with van der Waals surface area (Å²) in [6.07, 6.45) is 5.01. The van der Waals surface area contributed by atoms with Crippen LogP contribution in [0.15, 0.2) is 71.0 Å². The Morgan fingerprint density at radius 2 is 1.91 bits per heavy atom. The summed E-state index contributed by atoms with van der Waals surface area (Å²) in [5, 5.41) is 13.3. The molecule has 1 aliphatic carbocycles. The van der Waals surface area contributed by atoms with Crippen LogP contribution in [0, 0.1) is 17.1 Å². The van der Waals surface area contributed by atoms with Crippen molar-refractivity contribution in [2.24, 2.45) is 0 Å². The first-order valence-corrected chi connectivity index (χ1v) is 11.6. The van der Waals surface area contributed by atoms with E-state index < -0.39 is 11.7 Å². The van der Waals surface area contributed by atoms with Gasteiger partial charge in [-0.1, -0.05) is 41.4 Å². The third kappa shape index (κ3) is 5.51. The minimum Gasteiger partial charge on any atom is -0.378 e. The number of morpholine rings is 1. The van der Waals surface area contributed by atoms with Crippen LogP contribution < -0.4 is 5.32 Å². The van der Waals surface area contributed by atoms with Crippen molar-refractivity contribution in [2.45, 2.75) is 12.8 Å². The molecule has 174 valence electrons. The number of carbonyl (C=O) groups excluding carboxylic acids is 1. The van der Waals surface area contributed by atoms with Crippen LogP contribution in [0.4, 0.5) is 10.1 Å². The molecule has 8 heteroatoms. The van der Waals surface area contributed by atoms with Gasteiger partial charge >= 0.3 is 0 Å². The van der Waals surface area contributed by atoms with Gasteiger partial charge in [0.1, 0.15) is 17.5 Å². The monoisotopic (exact) mass is 497 g/mol. The molecular formula is C26H22Cl2FN3O2. The Kier molecular flexibility index (Phi) is 7.69. The molecule has 1 fully saturated rings. The number of nitrogens with zero attached hydrogens (tertiary/aromatic N) is 2. The van der Waals surface area contributed by atoms with Gasteiger partial charge in [0.15, 0.2) is 0 Å². The molecule has 1 saturated heterocycles. The Hall–Kier alpha value is -3.11. The first-order valence-electron chi connectivity index (χ1n) is 10.9. The Balaban J connectivity index is 1.71. The smallest absolute Gasteiger partial charge is 0.266 e. The van der Waals surface area contributed by atoms with Gasteiger partial charge in [-0.2, -0.15) is 5.26 Å². The van der Waals surface area contributed by atoms with Gasteiger partial charge in [-0.15, -0.1) is 0 Å². The fourth-order valence-electron chi connectivity index (χ4n) is 4.07. The largest absolute Gasteiger partial charge is 0.378 e. The minimum atomic E-state index is -0.653. The third-order valence-electron chi connectivity index (χ3n) is 5.70. The zero-order chi connectivity index (χ0) is 24.1. The second-order valence-corrected chi connectivity index (χ2v) is 8.76. The lowest BCUT2D eigenvalue weighted by atomic mass is 10.1. The molecule has 34 heavy (non-hydrogen) atoms. The molecule has 5 nitrogen and oxygen atoms in total. The standard InChI is InChI=1S/C26H22Cl2FN3O2/c27-21-8-7-17(22(28)15-21)13-18-5-6-19(25(18)32-9-11-34-12-10-32)14-20(16-30)26(33)31-24-4-2-1-3-23(24)29/h1-4,7-8,13-15H,5-6,9-12H2,(H,31,33)/b18-13+,20-14-. The number of para-hydroxylation sites is 1. The van der Waals surface area contributed by atoms with Crippen LogP contribution in [0.3, 0.4) is 0 Å². The van der Waals surface area contributed by atoms with E-state index in [4.69, 9.17) is 27.9 Å². The van der Waals surface area contributed by atoms with Crippen molar-refractivity contribution in [3.63, 3.8) is 0 Å². The van der Waals surface area contributed by atoms with Crippen LogP contribution in [-0.4, -0.2) is 37.1 Å². The highest BCUT2D eigenvalue weighted by Gasteiger charge is 2.26. The quantitative estimate of drug-likeness (QED) is 0.407. The molecule has 1 amide bonds. The molecule has 1 N–H and O–H groups in total. The number of anilines is 1. The van der Waals surface area contributed by atoms with E-state index in [2.05, 4.69) is 10.2 Å². The molecule has 1 aliphatic heterocycles. The number of carbonyl (C=O) groups is 1. The fourth-order valence-corrected chi connectivity index (χ4v) is 4.53. The first-order chi connectivity index (χ1) is 16.5. The van der Waals surface area contributed by atoms with Crippen LogP contribution in [-0.2, 0) is 9.53 Å². The summed E-state index contributed by atoms with van der Waals surface area (Å²) in [6.45, 7) is 2.58. The van der Waals surface area contributed by atoms with Gasteiger partial charge in [0, 0.05) is 28.8 Å². The second-order valence-electron chi connectivity index (χ2n) is 7.91. The van der Waals surface area contributed by atoms with Crippen molar-refractivity contribution in [1.29, 1.82) is 5.26 Å². The Bertz CT molecular complexity index is 1240. The van der Waals surface area contributed by atoms with E-state index in [1.165, 1.54) is 18.2 Å². The van der Waals surface area contributed by atoms with Crippen molar-refractivity contribution in [1.82, 2.24) is 4.90 Å². The molecule has 0 spiro atoms. The summed E-state index contributed by atoms with van der Waals surface area (Å²) in [7, 11) is 0. The van der Waals surface area contributed by atoms with Crippen molar-refractivity contribution in [2.75, 3.05) is 31.6 Å². The normalized spacial score (nSPS) is 17.8. The molecule has 0 unspecified atom stereocenters. The topological polar surface area (TPSA) is 65.4 Å². The van der Waals surface area contributed by atoms with Gasteiger partial charge in [0.05, 0.1) is 18.9 Å². The second kappa shape index (κ2) is 10.9. The Morgan fingerprint density at radius 3 is 2.62 bits per heavy atom. The number of hydrogen-bond acceptors (Lipinski definition) is 4. The van der Waals surface area contributed by atoms with Gasteiger partial charge < -0.3 is 15.0 Å². The molecule has 2 aliphatic rings. The predicted octanol–water partition coefficient (Wildman–Crippen LogP) is 5.98. The van der Waals surface area contributed by atoms with E-state index in [1.54, 1.807) is 24.3 Å². The van der Waals surface area contributed by atoms with Crippen LogP contribution in [0.25, 0.3) is 6.08 Å². The Labute approximate surface area is 207 Å². The van der Waals surface area contributed by atoms with Crippen molar-refractivity contribution >= 4 is 40.9 Å². The molecule has 0 aromatic heterocycles. The maximum atomic E-state index is 14.0. The summed E-state index contributed by atoms with van der Waals surface area (Å²) >= 11 is 12.4. The molecule has 0 saturated carbocycles. The number of nitriles is 1. The van der Waals surface area contributed by atoms with E-state index in [0.717, 1.165) is 28.8 Å². The fraction of sp³-hybridized carbons (Fsp3) is 0.231. The van der Waals surface area contributed by atoms with Crippen LogP contribution >= 0.6 is 23.2 Å². The lowest BCUT2D eigenvalue weighted by Crippen LogP contribution is -2.36. The molecule has 2 aromatic rings. The number of halogens is 3. The van der Waals surface area contributed by atoms with E-state index >= 15 is 0 Å². The number of amides is 1. The number of nitrogens with one attached hydrogen (secondary N) is 1. The van der Waals surface area contributed by atoms with Gasteiger partial charge in [-0.3, -0.25) is 4.79 Å². The lowest BCUT2D eigenvalue weighted by molar-refractivity contribution is -0.112. The minimum absolute atomic E-state index is 0.0282. The molecule has 0 atom stereocenters. The van der Waals surface area contributed by atoms with E-state index in [1.807, 2.05) is 18.2 Å². The average Bonchev–Trinajstić information content (AvgIpc) is 3.23. The maximum absolute atomic E-state index is 14.0. The highest BCUT2D eigenvalue weighted by atomic mass is 35.5. The number of ether oxygens (including phenoxy) is 1. The highest BCUT2D eigenvalue weighted by molar-refractivity contribution is 6.35. The molecule has 1 heterocycles. The zero-order valence-electron chi connectivity index (χ0n) is 18.3. The Morgan fingerprint density at radius 1 is 1.15 bits per heavy atom. The average molecular weight is 498 g/mol. The van der Waals surface area contributed by atoms with Crippen molar-refractivity contribution in [3.8, 4) is 6.07 Å². The van der Waals surface area contributed by atoms with Crippen LogP contribution in [0.5, 0.6) is 0 Å². The lowest BCUT2D eigenvalue weighted by Gasteiger charge is -2.31. The maximum Gasteiger partial charge on any atom is 0.266 e. The van der Waals surface area contributed by atoms with Crippen LogP contribution in [0.2, 0.25) is 10.0 Å². The molecular weight excluding hydrogens is 476 g/mol. The zero-order valence-corrected chi connectivity index (χ0v) is 19.8. The van der Waals surface area contributed by atoms with E-state index in [-0.39, 0.29) is 11.3 Å². The number of benzene rings is 2. The first kappa shape index (κ1) is 24.0. The summed E-state index contributed by atoms with van der Waals surface area (Å²) < 4.78 is 19.5. The number of allylic oxidation sites excluding steroid dienone is 3. The van der Waals surface area contributed by atoms with Crippen LogP contribution in [0.1, 0.15) is 18.4 Å². The highest BCUT2D eigenvalue weighted by Crippen LogP contribution is 2.38. The van der Waals surface area contributed by atoms with E-state index in [9.17, 15) is 14.4 Å². The SMILES string of the molecule is N#C/C(=C/C1=C(N2CCOCC2)C(=C/c2ccc(Cl)cc2Cl)/CC1)C(=O)Nc1ccccc1F. The predicted molar refractivity (Wildman–Crippen MR) is 132 cm³/mol. The molecule has 2 aromatic carbocycles.